The van der Waals surface area contributed by atoms with Gasteiger partial charge >= 0.3 is 0 Å². The molecule has 0 saturated carbocycles. The molecule has 2 N–H and O–H groups in total. The molecule has 0 atom stereocenters. The summed E-state index contributed by atoms with van der Waals surface area (Å²) < 4.78 is 7.36. The summed E-state index contributed by atoms with van der Waals surface area (Å²) in [5.74, 6) is 0.737. The van der Waals surface area contributed by atoms with Crippen molar-refractivity contribution in [2.24, 2.45) is 0 Å². The van der Waals surface area contributed by atoms with Crippen LogP contribution in [0.1, 0.15) is 21.7 Å². The number of imidazole rings is 1. The molecular formula is C21H16Cl2N4O3. The molecule has 0 bridgehead atoms. The highest BCUT2D eigenvalue weighted by Gasteiger charge is 2.20. The highest BCUT2D eigenvalue weighted by atomic mass is 35.5. The molecule has 9 heteroatoms. The molecule has 4 rings (SSSR count). The van der Waals surface area contributed by atoms with Crippen molar-refractivity contribution in [3.63, 3.8) is 0 Å². The molecule has 2 heterocycles. The second-order valence-electron chi connectivity index (χ2n) is 6.46. The van der Waals surface area contributed by atoms with Crippen molar-refractivity contribution in [1.29, 1.82) is 0 Å². The number of nitrogens with one attached hydrogen (secondary N) is 1. The lowest BCUT2D eigenvalue weighted by Crippen LogP contribution is -2.18. The highest BCUT2D eigenvalue weighted by Crippen LogP contribution is 2.35. The van der Waals surface area contributed by atoms with E-state index in [1.54, 1.807) is 36.9 Å². The van der Waals surface area contributed by atoms with E-state index >= 15 is 0 Å². The maximum absolute atomic E-state index is 11.6. The summed E-state index contributed by atoms with van der Waals surface area (Å²) in [6.07, 6.45) is 3.50. The van der Waals surface area contributed by atoms with Crippen LogP contribution in [0.15, 0.2) is 54.9 Å². The molecule has 0 radical (unpaired) electrons. The molecular weight excluding hydrogens is 427 g/mol. The minimum atomic E-state index is -0.575. The first kappa shape index (κ1) is 20.2. The van der Waals surface area contributed by atoms with E-state index < -0.39 is 5.91 Å². The van der Waals surface area contributed by atoms with Gasteiger partial charge in [-0.05, 0) is 29.8 Å². The Hall–Kier alpha value is -3.13. The smallest absolute Gasteiger partial charge is 0.274 e. The Bertz CT molecular complexity index is 1220. The molecule has 30 heavy (non-hydrogen) atoms. The largest absolute Gasteiger partial charge is 0.494 e. The Kier molecular flexibility index (Phi) is 5.59. The number of ether oxygens (including phenoxy) is 1. The van der Waals surface area contributed by atoms with Crippen molar-refractivity contribution in [1.82, 2.24) is 20.0 Å². The molecule has 2 aromatic carbocycles. The van der Waals surface area contributed by atoms with Gasteiger partial charge in [0.15, 0.2) is 0 Å². The first-order valence-electron chi connectivity index (χ1n) is 8.90. The number of methoxy groups -OCH3 is 1. The Labute approximate surface area is 181 Å². The topological polar surface area (TPSA) is 89.3 Å². The number of fused-ring (bicyclic) bond motifs is 1. The number of aromatic nitrogens is 3. The maximum Gasteiger partial charge on any atom is 0.274 e. The summed E-state index contributed by atoms with van der Waals surface area (Å²) in [5, 5.41) is 9.56. The van der Waals surface area contributed by atoms with E-state index in [4.69, 9.17) is 38.1 Å². The van der Waals surface area contributed by atoms with E-state index in [-0.39, 0.29) is 0 Å². The van der Waals surface area contributed by atoms with E-state index in [0.29, 0.717) is 44.8 Å². The van der Waals surface area contributed by atoms with Gasteiger partial charge in [0.1, 0.15) is 17.1 Å². The van der Waals surface area contributed by atoms with Crippen LogP contribution < -0.4 is 10.2 Å². The summed E-state index contributed by atoms with van der Waals surface area (Å²) >= 11 is 12.9. The quantitative estimate of drug-likeness (QED) is 0.352. The van der Waals surface area contributed by atoms with Crippen LogP contribution in [0.4, 0.5) is 0 Å². The molecule has 2 aromatic heterocycles. The third kappa shape index (κ3) is 3.59. The van der Waals surface area contributed by atoms with Gasteiger partial charge in [0.2, 0.25) is 0 Å². The first-order valence-corrected chi connectivity index (χ1v) is 9.66. The average Bonchev–Trinajstić information content (AvgIpc) is 3.11. The normalized spacial score (nSPS) is 10.9. The lowest BCUT2D eigenvalue weighted by molar-refractivity contribution is 0.0706. The van der Waals surface area contributed by atoms with Crippen molar-refractivity contribution in [2.45, 2.75) is 6.42 Å². The molecule has 0 aliphatic carbocycles. The summed E-state index contributed by atoms with van der Waals surface area (Å²) in [7, 11) is 1.59. The molecule has 0 spiro atoms. The lowest BCUT2D eigenvalue weighted by Gasteiger charge is -2.13. The van der Waals surface area contributed by atoms with Crippen molar-refractivity contribution in [2.75, 3.05) is 7.11 Å². The minimum Gasteiger partial charge on any atom is -0.494 e. The molecule has 0 unspecified atom stereocenters. The summed E-state index contributed by atoms with van der Waals surface area (Å²) in [6.45, 7) is 0. The number of benzene rings is 2. The van der Waals surface area contributed by atoms with Gasteiger partial charge < -0.3 is 4.74 Å². The van der Waals surface area contributed by atoms with Gasteiger partial charge in [0.25, 0.3) is 5.91 Å². The fraction of sp³-hybridized carbons (Fsp3) is 0.0952. The summed E-state index contributed by atoms with van der Waals surface area (Å²) in [4.78, 5) is 20.4. The predicted octanol–water partition coefficient (Wildman–Crippen LogP) is 4.45. The van der Waals surface area contributed by atoms with Crippen molar-refractivity contribution in [3.05, 3.63) is 81.9 Å². The number of hydroxylamine groups is 1. The van der Waals surface area contributed by atoms with E-state index in [2.05, 4.69) is 4.98 Å². The number of pyridine rings is 1. The van der Waals surface area contributed by atoms with Crippen molar-refractivity contribution < 1.29 is 14.7 Å². The van der Waals surface area contributed by atoms with Crippen LogP contribution in [0.5, 0.6) is 5.75 Å². The van der Waals surface area contributed by atoms with Gasteiger partial charge in [0, 0.05) is 24.4 Å². The monoisotopic (exact) mass is 442 g/mol. The Morgan fingerprint density at radius 3 is 2.47 bits per heavy atom. The number of para-hydroxylation sites is 1. The molecule has 1 amide bonds. The van der Waals surface area contributed by atoms with Gasteiger partial charge in [-0.1, -0.05) is 41.4 Å². The first-order chi connectivity index (χ1) is 14.5. The number of halogens is 2. The molecule has 4 aromatic rings. The van der Waals surface area contributed by atoms with Gasteiger partial charge in [0.05, 0.1) is 28.4 Å². The van der Waals surface area contributed by atoms with Crippen LogP contribution in [0.2, 0.25) is 10.0 Å². The van der Waals surface area contributed by atoms with Gasteiger partial charge in [-0.3, -0.25) is 19.6 Å². The van der Waals surface area contributed by atoms with Crippen LogP contribution in [-0.2, 0) is 6.42 Å². The summed E-state index contributed by atoms with van der Waals surface area (Å²) in [5.41, 5.74) is 4.91. The van der Waals surface area contributed by atoms with E-state index in [1.807, 2.05) is 22.8 Å². The number of amides is 1. The van der Waals surface area contributed by atoms with Crippen LogP contribution in [0.3, 0.4) is 0 Å². The molecule has 0 saturated heterocycles. The molecule has 0 aliphatic heterocycles. The third-order valence-corrected chi connectivity index (χ3v) is 5.22. The second-order valence-corrected chi connectivity index (χ2v) is 7.27. The lowest BCUT2D eigenvalue weighted by atomic mass is 10.1. The van der Waals surface area contributed by atoms with Crippen molar-refractivity contribution in [3.8, 4) is 11.4 Å². The Morgan fingerprint density at radius 1 is 1.13 bits per heavy atom. The van der Waals surface area contributed by atoms with Crippen LogP contribution in [0, 0.1) is 0 Å². The number of hydrogen-bond acceptors (Lipinski definition) is 5. The number of carbonyl (C=O) groups is 1. The van der Waals surface area contributed by atoms with E-state index in [0.717, 1.165) is 11.1 Å². The van der Waals surface area contributed by atoms with Crippen LogP contribution in [-0.4, -0.2) is 32.8 Å². The molecule has 0 aliphatic rings. The maximum atomic E-state index is 11.6. The SMILES string of the molecule is COc1cccc2c1nc(Cc1ccc(C(=O)NO)cc1)n2-c1c(Cl)cncc1Cl. The number of nitrogens with zero attached hydrogens (tertiary/aromatic N) is 3. The van der Waals surface area contributed by atoms with Crippen LogP contribution >= 0.6 is 23.2 Å². The van der Waals surface area contributed by atoms with E-state index in [9.17, 15) is 4.79 Å². The molecule has 0 fully saturated rings. The zero-order valence-electron chi connectivity index (χ0n) is 15.8. The molecule has 152 valence electrons. The van der Waals surface area contributed by atoms with Crippen molar-refractivity contribution >= 4 is 40.1 Å². The highest BCUT2D eigenvalue weighted by molar-refractivity contribution is 6.37. The fourth-order valence-electron chi connectivity index (χ4n) is 3.29. The van der Waals surface area contributed by atoms with Crippen LogP contribution in [0.25, 0.3) is 16.7 Å². The Balaban J connectivity index is 1.88. The fourth-order valence-corrected chi connectivity index (χ4v) is 3.83. The number of rotatable bonds is 5. The molecule has 7 nitrogen and oxygen atoms in total. The zero-order valence-corrected chi connectivity index (χ0v) is 17.3. The standard InChI is InChI=1S/C21H16Cl2N4O3/c1-30-17-4-2-3-16-19(17)25-18(27(16)20-14(22)10-24-11-15(20)23)9-12-5-7-13(8-6-12)21(28)26-29/h2-8,10-11,29H,9H2,1H3,(H,26,28). The van der Waals surface area contributed by atoms with Gasteiger partial charge in [-0.15, -0.1) is 0 Å². The van der Waals surface area contributed by atoms with Gasteiger partial charge in [-0.25, -0.2) is 10.5 Å². The van der Waals surface area contributed by atoms with Gasteiger partial charge in [-0.2, -0.15) is 0 Å². The second kappa shape index (κ2) is 8.31. The predicted molar refractivity (Wildman–Crippen MR) is 114 cm³/mol. The van der Waals surface area contributed by atoms with E-state index in [1.165, 1.54) is 12.4 Å². The average molecular weight is 443 g/mol. The number of carbonyl (C=O) groups excluding carboxylic acids is 1. The summed E-state index contributed by atoms with van der Waals surface area (Å²) in [6, 6.07) is 12.5. The Morgan fingerprint density at radius 2 is 1.83 bits per heavy atom. The zero-order chi connectivity index (χ0) is 21.3. The minimum absolute atomic E-state index is 0.344. The third-order valence-electron chi connectivity index (χ3n) is 4.67. The number of hydrogen-bond donors (Lipinski definition) is 2.